The van der Waals surface area contributed by atoms with Gasteiger partial charge in [-0.1, -0.05) is 0 Å². The smallest absolute Gasteiger partial charge is 0.347 e. The van der Waals surface area contributed by atoms with E-state index in [1.165, 1.54) is 12.1 Å². The first-order valence-corrected chi connectivity index (χ1v) is 5.16. The molecule has 0 bridgehead atoms. The van der Waals surface area contributed by atoms with Gasteiger partial charge in [-0.05, 0) is 36.4 Å². The van der Waals surface area contributed by atoms with Crippen molar-refractivity contribution in [3.05, 3.63) is 48.0 Å². The van der Waals surface area contributed by atoms with Crippen molar-refractivity contribution in [1.82, 2.24) is 0 Å². The second-order valence-corrected chi connectivity index (χ2v) is 3.66. The number of nitrogen functional groups attached to an aromatic ring is 1. The van der Waals surface area contributed by atoms with Gasteiger partial charge in [-0.25, -0.2) is 4.79 Å². The van der Waals surface area contributed by atoms with Crippen LogP contribution in [-0.4, -0.2) is 16.2 Å². The van der Waals surface area contributed by atoms with Gasteiger partial charge in [-0.2, -0.15) is 0 Å². The average Bonchev–Trinajstić information content (AvgIpc) is 2.32. The predicted octanol–water partition coefficient (Wildman–Crippen LogP) is 1.90. The first kappa shape index (κ1) is 11.8. The van der Waals surface area contributed by atoms with Crippen LogP contribution in [-0.2, 0) is 0 Å². The molecule has 2 rings (SSSR count). The Morgan fingerprint density at radius 3 is 2.33 bits per heavy atom. The van der Waals surface area contributed by atoms with E-state index < -0.39 is 5.97 Å². The van der Waals surface area contributed by atoms with Gasteiger partial charge < -0.3 is 20.7 Å². The van der Waals surface area contributed by atoms with Crippen molar-refractivity contribution >= 4 is 11.7 Å². The highest BCUT2D eigenvalue weighted by Gasteiger charge is 2.13. The van der Waals surface area contributed by atoms with Gasteiger partial charge in [0, 0.05) is 11.8 Å². The minimum Gasteiger partial charge on any atom is -0.508 e. The minimum absolute atomic E-state index is 0.0235. The third-order valence-electron chi connectivity index (χ3n) is 2.29. The number of benzene rings is 2. The van der Waals surface area contributed by atoms with Gasteiger partial charge in [0.2, 0.25) is 0 Å². The molecule has 0 spiro atoms. The molecule has 0 aliphatic carbocycles. The molecule has 2 aromatic rings. The Morgan fingerprint density at radius 2 is 1.72 bits per heavy atom. The van der Waals surface area contributed by atoms with Crippen molar-refractivity contribution in [3.8, 4) is 17.2 Å². The molecule has 5 heteroatoms. The van der Waals surface area contributed by atoms with E-state index >= 15 is 0 Å². The van der Waals surface area contributed by atoms with Crippen molar-refractivity contribution in [2.24, 2.45) is 0 Å². The normalized spacial score (nSPS) is 10.0. The summed E-state index contributed by atoms with van der Waals surface area (Å²) in [6.07, 6.45) is 0. The first-order valence-electron chi connectivity index (χ1n) is 5.16. The molecule has 0 saturated heterocycles. The number of hydrogen-bond acceptors (Lipinski definition) is 5. The number of nitrogens with two attached hydrogens (primary N) is 1. The van der Waals surface area contributed by atoms with Gasteiger partial charge in [0.15, 0.2) is 0 Å². The lowest BCUT2D eigenvalue weighted by molar-refractivity contribution is 0.0731. The summed E-state index contributed by atoms with van der Waals surface area (Å²) >= 11 is 0. The fourth-order valence-corrected chi connectivity index (χ4v) is 1.39. The highest BCUT2D eigenvalue weighted by Crippen LogP contribution is 2.24. The number of phenols is 2. The molecular weight excluding hydrogens is 234 g/mol. The van der Waals surface area contributed by atoms with E-state index in [4.69, 9.17) is 15.6 Å². The van der Waals surface area contributed by atoms with E-state index in [0.29, 0.717) is 11.4 Å². The molecule has 0 fully saturated rings. The molecule has 0 atom stereocenters. The SMILES string of the molecule is Nc1ccc(OC(=O)c2ccc(O)cc2O)cc1. The Balaban J connectivity index is 2.19. The largest absolute Gasteiger partial charge is 0.508 e. The summed E-state index contributed by atoms with van der Waals surface area (Å²) in [5.41, 5.74) is 6.04. The molecule has 2 aromatic carbocycles. The lowest BCUT2D eigenvalue weighted by atomic mass is 10.2. The molecule has 4 N–H and O–H groups in total. The third kappa shape index (κ3) is 2.52. The van der Waals surface area contributed by atoms with E-state index in [1.54, 1.807) is 24.3 Å². The average molecular weight is 245 g/mol. The van der Waals surface area contributed by atoms with Crippen molar-refractivity contribution in [3.63, 3.8) is 0 Å². The van der Waals surface area contributed by atoms with Gasteiger partial charge in [0.05, 0.1) is 0 Å². The highest BCUT2D eigenvalue weighted by atomic mass is 16.5. The summed E-state index contributed by atoms with van der Waals surface area (Å²) in [5.74, 6) is -0.856. The van der Waals surface area contributed by atoms with Crippen molar-refractivity contribution in [2.75, 3.05) is 5.73 Å². The van der Waals surface area contributed by atoms with Crippen LogP contribution in [0.5, 0.6) is 17.2 Å². The Labute approximate surface area is 103 Å². The summed E-state index contributed by atoms with van der Waals surface area (Å²) < 4.78 is 5.04. The second kappa shape index (κ2) is 4.67. The van der Waals surface area contributed by atoms with Crippen LogP contribution in [0, 0.1) is 0 Å². The van der Waals surface area contributed by atoms with Gasteiger partial charge in [0.25, 0.3) is 0 Å². The standard InChI is InChI=1S/C13H11NO4/c14-8-1-4-10(5-2-8)18-13(17)11-6-3-9(15)7-12(11)16/h1-7,15-16H,14H2. The molecule has 5 nitrogen and oxygen atoms in total. The number of esters is 1. The molecule has 0 aliphatic heterocycles. The topological polar surface area (TPSA) is 92.8 Å². The number of hydrogen-bond donors (Lipinski definition) is 3. The van der Waals surface area contributed by atoms with E-state index in [-0.39, 0.29) is 17.1 Å². The molecule has 0 radical (unpaired) electrons. The van der Waals surface area contributed by atoms with Crippen molar-refractivity contribution in [1.29, 1.82) is 0 Å². The number of carbonyl (C=O) groups is 1. The lowest BCUT2D eigenvalue weighted by Crippen LogP contribution is -2.08. The number of rotatable bonds is 2. The molecule has 0 saturated carbocycles. The van der Waals surface area contributed by atoms with E-state index in [0.717, 1.165) is 6.07 Å². The maximum Gasteiger partial charge on any atom is 0.347 e. The molecule has 0 amide bonds. The lowest BCUT2D eigenvalue weighted by Gasteiger charge is -2.06. The fourth-order valence-electron chi connectivity index (χ4n) is 1.39. The van der Waals surface area contributed by atoms with E-state index in [2.05, 4.69) is 0 Å². The van der Waals surface area contributed by atoms with Crippen LogP contribution >= 0.6 is 0 Å². The van der Waals surface area contributed by atoms with Crippen molar-refractivity contribution < 1.29 is 19.7 Å². The summed E-state index contributed by atoms with van der Waals surface area (Å²) in [6.45, 7) is 0. The van der Waals surface area contributed by atoms with E-state index in [9.17, 15) is 9.90 Å². The maximum absolute atomic E-state index is 11.7. The quantitative estimate of drug-likeness (QED) is 0.427. The minimum atomic E-state index is -0.711. The second-order valence-electron chi connectivity index (χ2n) is 3.66. The molecule has 0 unspecified atom stereocenters. The van der Waals surface area contributed by atoms with Crippen LogP contribution in [0.4, 0.5) is 5.69 Å². The number of phenolic OH excluding ortho intramolecular Hbond substituents is 2. The number of ether oxygens (including phenoxy) is 1. The molecule has 92 valence electrons. The van der Waals surface area contributed by atoms with E-state index in [1.807, 2.05) is 0 Å². The Hall–Kier alpha value is -2.69. The third-order valence-corrected chi connectivity index (χ3v) is 2.29. The Bertz CT molecular complexity index is 578. The van der Waals surface area contributed by atoms with Crippen LogP contribution in [0.15, 0.2) is 42.5 Å². The predicted molar refractivity (Wildman–Crippen MR) is 65.6 cm³/mol. The Morgan fingerprint density at radius 1 is 1.06 bits per heavy atom. The van der Waals surface area contributed by atoms with Gasteiger partial charge in [-0.3, -0.25) is 0 Å². The van der Waals surface area contributed by atoms with Gasteiger partial charge in [0.1, 0.15) is 22.8 Å². The molecule has 0 aliphatic rings. The summed E-state index contributed by atoms with van der Waals surface area (Å²) in [5, 5.41) is 18.6. The zero-order valence-electron chi connectivity index (χ0n) is 9.33. The molecule has 0 aromatic heterocycles. The summed E-state index contributed by atoms with van der Waals surface area (Å²) in [4.78, 5) is 11.7. The summed E-state index contributed by atoms with van der Waals surface area (Å²) in [7, 11) is 0. The highest BCUT2D eigenvalue weighted by molar-refractivity contribution is 5.94. The zero-order valence-corrected chi connectivity index (χ0v) is 9.33. The Kier molecular flexibility index (Phi) is 3.05. The summed E-state index contributed by atoms with van der Waals surface area (Å²) in [6, 6.07) is 9.93. The number of anilines is 1. The van der Waals surface area contributed by atoms with Gasteiger partial charge in [-0.15, -0.1) is 0 Å². The fraction of sp³-hybridized carbons (Fsp3) is 0. The van der Waals surface area contributed by atoms with Crippen LogP contribution in [0.25, 0.3) is 0 Å². The first-order chi connectivity index (χ1) is 8.56. The zero-order chi connectivity index (χ0) is 13.1. The monoisotopic (exact) mass is 245 g/mol. The van der Waals surface area contributed by atoms with Crippen LogP contribution in [0.3, 0.4) is 0 Å². The molecule has 18 heavy (non-hydrogen) atoms. The van der Waals surface area contributed by atoms with Crippen molar-refractivity contribution in [2.45, 2.75) is 0 Å². The molecular formula is C13H11NO4. The van der Waals surface area contributed by atoms with Crippen LogP contribution in [0.1, 0.15) is 10.4 Å². The number of aromatic hydroxyl groups is 2. The van der Waals surface area contributed by atoms with Crippen LogP contribution in [0.2, 0.25) is 0 Å². The maximum atomic E-state index is 11.7. The van der Waals surface area contributed by atoms with Crippen LogP contribution < -0.4 is 10.5 Å². The van der Waals surface area contributed by atoms with Gasteiger partial charge >= 0.3 is 5.97 Å². The molecule has 0 heterocycles. The number of carbonyl (C=O) groups excluding carboxylic acids is 1.